The summed E-state index contributed by atoms with van der Waals surface area (Å²) < 4.78 is 11.6. The molecule has 0 aliphatic carbocycles. The smallest absolute Gasteiger partial charge is 0.185 e. The third-order valence-electron chi connectivity index (χ3n) is 2.65. The molecule has 0 spiro atoms. The van der Waals surface area contributed by atoms with Crippen molar-refractivity contribution in [2.24, 2.45) is 0 Å². The molecule has 0 N–H and O–H groups in total. The maximum atomic E-state index is 5.87. The Morgan fingerprint density at radius 1 is 1.27 bits per heavy atom. The molecule has 1 aliphatic heterocycles. The van der Waals surface area contributed by atoms with Crippen molar-refractivity contribution in [1.29, 1.82) is 0 Å². The van der Waals surface area contributed by atoms with Gasteiger partial charge in [-0.15, -0.1) is 0 Å². The Labute approximate surface area is 91.2 Å². The summed E-state index contributed by atoms with van der Waals surface area (Å²) in [5.74, 6) is 0. The van der Waals surface area contributed by atoms with Crippen LogP contribution in [-0.4, -0.2) is 6.10 Å². The summed E-state index contributed by atoms with van der Waals surface area (Å²) in [6.45, 7) is 6.20. The van der Waals surface area contributed by atoms with Crippen LogP contribution >= 0.6 is 0 Å². The van der Waals surface area contributed by atoms with Gasteiger partial charge >= 0.3 is 0 Å². The molecule has 15 heavy (non-hydrogen) atoms. The Hall–Kier alpha value is -0.860. The molecule has 1 aromatic carbocycles. The Kier molecular flexibility index (Phi) is 3.08. The first kappa shape index (κ1) is 10.7. The molecule has 0 saturated heterocycles. The summed E-state index contributed by atoms with van der Waals surface area (Å²) in [6.07, 6.45) is 1.21. The van der Waals surface area contributed by atoms with Crippen LogP contribution in [-0.2, 0) is 9.47 Å². The molecule has 1 aliphatic rings. The van der Waals surface area contributed by atoms with Gasteiger partial charge in [0.05, 0.1) is 12.2 Å². The SMILES string of the molecule is CCC1OC(OC(C)C)c2ccccc21. The topological polar surface area (TPSA) is 18.5 Å². The molecule has 2 heteroatoms. The standard InChI is InChI=1S/C13H18O2/c1-4-12-10-7-5-6-8-11(10)13(15-12)14-9(2)3/h5-9,12-13H,4H2,1-3H3. The van der Waals surface area contributed by atoms with Gasteiger partial charge < -0.3 is 9.47 Å². The highest BCUT2D eigenvalue weighted by Gasteiger charge is 2.31. The zero-order valence-electron chi connectivity index (χ0n) is 9.57. The molecule has 1 heterocycles. The molecular formula is C13H18O2. The number of ether oxygens (including phenoxy) is 2. The fourth-order valence-corrected chi connectivity index (χ4v) is 1.98. The quantitative estimate of drug-likeness (QED) is 0.752. The molecule has 2 unspecified atom stereocenters. The minimum atomic E-state index is -0.175. The van der Waals surface area contributed by atoms with Crippen LogP contribution in [0.4, 0.5) is 0 Å². The van der Waals surface area contributed by atoms with Crippen molar-refractivity contribution in [3.63, 3.8) is 0 Å². The molecule has 2 atom stereocenters. The van der Waals surface area contributed by atoms with E-state index in [0.29, 0.717) is 0 Å². The summed E-state index contributed by atoms with van der Waals surface area (Å²) in [7, 11) is 0. The minimum absolute atomic E-state index is 0.175. The number of benzene rings is 1. The van der Waals surface area contributed by atoms with Crippen LogP contribution in [0.1, 0.15) is 50.7 Å². The van der Waals surface area contributed by atoms with E-state index in [-0.39, 0.29) is 18.5 Å². The third-order valence-corrected chi connectivity index (χ3v) is 2.65. The monoisotopic (exact) mass is 206 g/mol. The molecular weight excluding hydrogens is 188 g/mol. The van der Waals surface area contributed by atoms with Crippen molar-refractivity contribution >= 4 is 0 Å². The molecule has 0 fully saturated rings. The minimum Gasteiger partial charge on any atom is -0.346 e. The van der Waals surface area contributed by atoms with Gasteiger partial charge in [0.15, 0.2) is 6.29 Å². The average Bonchev–Trinajstić information content (AvgIpc) is 2.56. The van der Waals surface area contributed by atoms with E-state index in [9.17, 15) is 0 Å². The first-order valence-electron chi connectivity index (χ1n) is 5.62. The van der Waals surface area contributed by atoms with E-state index in [1.807, 2.05) is 19.9 Å². The summed E-state index contributed by atoms with van der Waals surface area (Å²) in [5, 5.41) is 0. The van der Waals surface area contributed by atoms with Crippen molar-refractivity contribution in [3.05, 3.63) is 35.4 Å². The highest BCUT2D eigenvalue weighted by Crippen LogP contribution is 2.41. The lowest BCUT2D eigenvalue weighted by molar-refractivity contribution is -0.178. The highest BCUT2D eigenvalue weighted by atomic mass is 16.7. The van der Waals surface area contributed by atoms with Crippen molar-refractivity contribution in [3.8, 4) is 0 Å². The summed E-state index contributed by atoms with van der Waals surface area (Å²) in [6, 6.07) is 8.32. The van der Waals surface area contributed by atoms with Crippen LogP contribution in [0.2, 0.25) is 0 Å². The fourth-order valence-electron chi connectivity index (χ4n) is 1.98. The Bertz CT molecular complexity index is 333. The molecule has 0 aromatic heterocycles. The van der Waals surface area contributed by atoms with Crippen molar-refractivity contribution in [1.82, 2.24) is 0 Å². The zero-order valence-corrected chi connectivity index (χ0v) is 9.57. The molecule has 1 aromatic rings. The lowest BCUT2D eigenvalue weighted by Crippen LogP contribution is -2.09. The van der Waals surface area contributed by atoms with Gasteiger partial charge in [-0.05, 0) is 25.8 Å². The van der Waals surface area contributed by atoms with E-state index in [4.69, 9.17) is 9.47 Å². The lowest BCUT2D eigenvalue weighted by Gasteiger charge is -2.16. The van der Waals surface area contributed by atoms with Gasteiger partial charge in [0.2, 0.25) is 0 Å². The fraction of sp³-hybridized carbons (Fsp3) is 0.538. The molecule has 2 nitrogen and oxygen atoms in total. The first-order valence-corrected chi connectivity index (χ1v) is 5.62. The number of fused-ring (bicyclic) bond motifs is 1. The Morgan fingerprint density at radius 3 is 2.53 bits per heavy atom. The summed E-state index contributed by atoms with van der Waals surface area (Å²) in [5.41, 5.74) is 2.48. The molecule has 0 saturated carbocycles. The van der Waals surface area contributed by atoms with Crippen molar-refractivity contribution in [2.45, 2.75) is 45.7 Å². The Morgan fingerprint density at radius 2 is 1.93 bits per heavy atom. The number of hydrogen-bond acceptors (Lipinski definition) is 2. The van der Waals surface area contributed by atoms with E-state index in [2.05, 4.69) is 25.1 Å². The molecule has 2 rings (SSSR count). The molecule has 0 bridgehead atoms. The summed E-state index contributed by atoms with van der Waals surface area (Å²) in [4.78, 5) is 0. The summed E-state index contributed by atoms with van der Waals surface area (Å²) >= 11 is 0. The van der Waals surface area contributed by atoms with Gasteiger partial charge in [-0.1, -0.05) is 31.2 Å². The van der Waals surface area contributed by atoms with Crippen molar-refractivity contribution < 1.29 is 9.47 Å². The van der Waals surface area contributed by atoms with E-state index in [1.165, 1.54) is 11.1 Å². The average molecular weight is 206 g/mol. The first-order chi connectivity index (χ1) is 7.22. The van der Waals surface area contributed by atoms with Gasteiger partial charge in [-0.3, -0.25) is 0 Å². The van der Waals surface area contributed by atoms with Crippen molar-refractivity contribution in [2.75, 3.05) is 0 Å². The van der Waals surface area contributed by atoms with Gasteiger partial charge in [0.25, 0.3) is 0 Å². The number of rotatable bonds is 3. The predicted octanol–water partition coefficient (Wildman–Crippen LogP) is 3.59. The van der Waals surface area contributed by atoms with Gasteiger partial charge in [-0.25, -0.2) is 0 Å². The second-order valence-corrected chi connectivity index (χ2v) is 4.18. The highest BCUT2D eigenvalue weighted by molar-refractivity contribution is 5.33. The van der Waals surface area contributed by atoms with Crippen LogP contribution in [0.15, 0.2) is 24.3 Å². The van der Waals surface area contributed by atoms with Crippen LogP contribution in [0.3, 0.4) is 0 Å². The maximum Gasteiger partial charge on any atom is 0.185 e. The van der Waals surface area contributed by atoms with E-state index >= 15 is 0 Å². The normalized spacial score (nSPS) is 24.5. The third kappa shape index (κ3) is 2.06. The molecule has 0 radical (unpaired) electrons. The Balaban J connectivity index is 2.25. The van der Waals surface area contributed by atoms with Crippen LogP contribution < -0.4 is 0 Å². The second-order valence-electron chi connectivity index (χ2n) is 4.18. The van der Waals surface area contributed by atoms with Crippen LogP contribution in [0.25, 0.3) is 0 Å². The van der Waals surface area contributed by atoms with E-state index in [0.717, 1.165) is 6.42 Å². The maximum absolute atomic E-state index is 5.87. The predicted molar refractivity (Wildman–Crippen MR) is 59.5 cm³/mol. The van der Waals surface area contributed by atoms with Crippen LogP contribution in [0, 0.1) is 0 Å². The largest absolute Gasteiger partial charge is 0.346 e. The van der Waals surface area contributed by atoms with Crippen LogP contribution in [0.5, 0.6) is 0 Å². The molecule has 82 valence electrons. The van der Waals surface area contributed by atoms with Gasteiger partial charge in [0.1, 0.15) is 0 Å². The van der Waals surface area contributed by atoms with Gasteiger partial charge in [0, 0.05) is 5.56 Å². The second kappa shape index (κ2) is 4.33. The molecule has 0 amide bonds. The van der Waals surface area contributed by atoms with E-state index in [1.54, 1.807) is 0 Å². The number of hydrogen-bond donors (Lipinski definition) is 0. The van der Waals surface area contributed by atoms with Gasteiger partial charge in [-0.2, -0.15) is 0 Å². The zero-order chi connectivity index (χ0) is 10.8. The lowest BCUT2D eigenvalue weighted by atomic mass is 10.0. The van der Waals surface area contributed by atoms with E-state index < -0.39 is 0 Å².